The molecule has 0 fully saturated rings. The van der Waals surface area contributed by atoms with Gasteiger partial charge in [0.2, 0.25) is 0 Å². The lowest BCUT2D eigenvalue weighted by atomic mass is 10.0. The summed E-state index contributed by atoms with van der Waals surface area (Å²) in [7, 11) is 0. The standard InChI is InChI=1S/C13H11ClFNOS/c14-8-6-7(4-5-9(8)15)13-16-12-10(17)2-1-3-11(12)18-13/h4-6,10,17H,1-3H2. The summed E-state index contributed by atoms with van der Waals surface area (Å²) >= 11 is 7.33. The zero-order valence-corrected chi connectivity index (χ0v) is 11.1. The molecule has 0 saturated heterocycles. The van der Waals surface area contributed by atoms with Gasteiger partial charge in [-0.05, 0) is 37.5 Å². The first-order valence-corrected chi connectivity index (χ1v) is 6.97. The van der Waals surface area contributed by atoms with E-state index in [-0.39, 0.29) is 5.02 Å². The Morgan fingerprint density at radius 2 is 2.28 bits per heavy atom. The highest BCUT2D eigenvalue weighted by Gasteiger charge is 2.23. The molecule has 1 aromatic carbocycles. The van der Waals surface area contributed by atoms with Crippen LogP contribution in [0.4, 0.5) is 4.39 Å². The smallest absolute Gasteiger partial charge is 0.141 e. The van der Waals surface area contributed by atoms with E-state index in [0.717, 1.165) is 40.4 Å². The number of hydrogen-bond acceptors (Lipinski definition) is 3. The maximum Gasteiger partial charge on any atom is 0.141 e. The molecule has 1 aliphatic rings. The van der Waals surface area contributed by atoms with Crippen molar-refractivity contribution in [2.45, 2.75) is 25.4 Å². The van der Waals surface area contributed by atoms with Crippen LogP contribution in [-0.4, -0.2) is 10.1 Å². The summed E-state index contributed by atoms with van der Waals surface area (Å²) in [6.45, 7) is 0. The minimum absolute atomic E-state index is 0.0984. The molecule has 5 heteroatoms. The second kappa shape index (κ2) is 4.61. The van der Waals surface area contributed by atoms with E-state index in [1.807, 2.05) is 0 Å². The summed E-state index contributed by atoms with van der Waals surface area (Å²) in [5.74, 6) is -0.429. The molecule has 0 aliphatic heterocycles. The second-order valence-corrected chi connectivity index (χ2v) is 5.86. The van der Waals surface area contributed by atoms with Crippen molar-refractivity contribution in [1.29, 1.82) is 0 Å². The van der Waals surface area contributed by atoms with E-state index in [1.165, 1.54) is 6.07 Å². The summed E-state index contributed by atoms with van der Waals surface area (Å²) in [5.41, 5.74) is 1.58. The van der Waals surface area contributed by atoms with E-state index in [4.69, 9.17) is 11.6 Å². The molecule has 2 aromatic rings. The molecule has 0 amide bonds. The Morgan fingerprint density at radius 1 is 1.44 bits per heavy atom. The monoisotopic (exact) mass is 283 g/mol. The van der Waals surface area contributed by atoms with Crippen LogP contribution in [0.25, 0.3) is 10.6 Å². The molecule has 3 rings (SSSR count). The third-order valence-corrected chi connectivity index (χ3v) is 4.56. The average molecular weight is 284 g/mol. The maximum absolute atomic E-state index is 13.1. The molecule has 0 saturated carbocycles. The van der Waals surface area contributed by atoms with Gasteiger partial charge in [-0.25, -0.2) is 9.37 Å². The number of rotatable bonds is 1. The van der Waals surface area contributed by atoms with Crippen LogP contribution < -0.4 is 0 Å². The molecule has 1 aliphatic carbocycles. The van der Waals surface area contributed by atoms with Gasteiger partial charge < -0.3 is 5.11 Å². The molecular formula is C13H11ClFNOS. The predicted octanol–water partition coefficient (Wildman–Crippen LogP) is 3.97. The van der Waals surface area contributed by atoms with E-state index in [1.54, 1.807) is 23.5 Å². The van der Waals surface area contributed by atoms with Gasteiger partial charge in [-0.2, -0.15) is 0 Å². The topological polar surface area (TPSA) is 33.1 Å². The number of aromatic nitrogens is 1. The summed E-state index contributed by atoms with van der Waals surface area (Å²) in [6.07, 6.45) is 2.24. The summed E-state index contributed by atoms with van der Waals surface area (Å²) < 4.78 is 13.1. The highest BCUT2D eigenvalue weighted by Crippen LogP contribution is 2.37. The fourth-order valence-corrected chi connectivity index (χ4v) is 3.48. The van der Waals surface area contributed by atoms with Crippen molar-refractivity contribution >= 4 is 22.9 Å². The van der Waals surface area contributed by atoms with Crippen LogP contribution in [0.2, 0.25) is 5.02 Å². The Kier molecular flexibility index (Phi) is 3.09. The number of halogens is 2. The predicted molar refractivity (Wildman–Crippen MR) is 70.4 cm³/mol. The Bertz CT molecular complexity index is 599. The highest BCUT2D eigenvalue weighted by atomic mass is 35.5. The zero-order valence-electron chi connectivity index (χ0n) is 9.49. The molecule has 1 atom stereocenters. The quantitative estimate of drug-likeness (QED) is 0.859. The molecule has 1 N–H and O–H groups in total. The average Bonchev–Trinajstić information content (AvgIpc) is 2.78. The van der Waals surface area contributed by atoms with Crippen LogP contribution in [0.5, 0.6) is 0 Å². The van der Waals surface area contributed by atoms with Gasteiger partial charge in [-0.15, -0.1) is 11.3 Å². The molecule has 0 bridgehead atoms. The van der Waals surface area contributed by atoms with Crippen molar-refractivity contribution in [2.75, 3.05) is 0 Å². The van der Waals surface area contributed by atoms with Crippen molar-refractivity contribution in [3.05, 3.63) is 39.6 Å². The Morgan fingerprint density at radius 3 is 3.00 bits per heavy atom. The number of aliphatic hydroxyl groups excluding tert-OH is 1. The van der Waals surface area contributed by atoms with Gasteiger partial charge in [0.25, 0.3) is 0 Å². The Balaban J connectivity index is 2.04. The molecule has 1 heterocycles. The van der Waals surface area contributed by atoms with Crippen LogP contribution in [0.15, 0.2) is 18.2 Å². The molecule has 18 heavy (non-hydrogen) atoms. The van der Waals surface area contributed by atoms with Crippen LogP contribution in [0.3, 0.4) is 0 Å². The van der Waals surface area contributed by atoms with Gasteiger partial charge in [-0.1, -0.05) is 11.6 Å². The first-order valence-electron chi connectivity index (χ1n) is 5.78. The van der Waals surface area contributed by atoms with Gasteiger partial charge in [-0.3, -0.25) is 0 Å². The third kappa shape index (κ3) is 2.05. The number of thiazole rings is 1. The van der Waals surface area contributed by atoms with Crippen molar-refractivity contribution in [1.82, 2.24) is 4.98 Å². The van der Waals surface area contributed by atoms with Crippen molar-refractivity contribution < 1.29 is 9.50 Å². The lowest BCUT2D eigenvalue weighted by Gasteiger charge is -2.14. The van der Waals surface area contributed by atoms with Crippen molar-refractivity contribution in [3.8, 4) is 10.6 Å². The fourth-order valence-electron chi connectivity index (χ4n) is 2.15. The molecule has 2 nitrogen and oxygen atoms in total. The van der Waals surface area contributed by atoms with Crippen molar-refractivity contribution in [3.63, 3.8) is 0 Å². The second-order valence-electron chi connectivity index (χ2n) is 4.36. The fraction of sp³-hybridized carbons (Fsp3) is 0.308. The van der Waals surface area contributed by atoms with E-state index in [2.05, 4.69) is 4.98 Å². The molecular weight excluding hydrogens is 273 g/mol. The first-order chi connectivity index (χ1) is 8.65. The van der Waals surface area contributed by atoms with Crippen molar-refractivity contribution in [2.24, 2.45) is 0 Å². The van der Waals surface area contributed by atoms with E-state index >= 15 is 0 Å². The Hall–Kier alpha value is -0.970. The van der Waals surface area contributed by atoms with Crippen LogP contribution in [-0.2, 0) is 6.42 Å². The van der Waals surface area contributed by atoms with Gasteiger partial charge >= 0.3 is 0 Å². The highest BCUT2D eigenvalue weighted by molar-refractivity contribution is 7.15. The first kappa shape index (κ1) is 12.1. The number of nitrogens with zero attached hydrogens (tertiary/aromatic N) is 1. The zero-order chi connectivity index (χ0) is 12.7. The summed E-state index contributed by atoms with van der Waals surface area (Å²) in [5, 5.41) is 10.8. The summed E-state index contributed by atoms with van der Waals surface area (Å²) in [6, 6.07) is 4.58. The normalized spacial score (nSPS) is 18.7. The number of aryl methyl sites for hydroxylation is 1. The summed E-state index contributed by atoms with van der Waals surface area (Å²) in [4.78, 5) is 5.59. The van der Waals surface area contributed by atoms with E-state index < -0.39 is 11.9 Å². The number of hydrogen-bond donors (Lipinski definition) is 1. The number of benzene rings is 1. The van der Waals surface area contributed by atoms with E-state index in [9.17, 15) is 9.50 Å². The largest absolute Gasteiger partial charge is 0.387 e. The lowest BCUT2D eigenvalue weighted by Crippen LogP contribution is -2.07. The maximum atomic E-state index is 13.1. The van der Waals surface area contributed by atoms with Gasteiger partial charge in [0, 0.05) is 10.4 Å². The third-order valence-electron chi connectivity index (χ3n) is 3.09. The lowest BCUT2D eigenvalue weighted by molar-refractivity contribution is 0.153. The van der Waals surface area contributed by atoms with Gasteiger partial charge in [0.05, 0.1) is 16.8 Å². The molecule has 1 aromatic heterocycles. The SMILES string of the molecule is OC1CCCc2sc(-c3ccc(F)c(Cl)c3)nc21. The van der Waals surface area contributed by atoms with Crippen LogP contribution >= 0.6 is 22.9 Å². The van der Waals surface area contributed by atoms with E-state index in [0.29, 0.717) is 0 Å². The van der Waals surface area contributed by atoms with Crippen LogP contribution in [0.1, 0.15) is 29.5 Å². The minimum atomic E-state index is -0.463. The minimum Gasteiger partial charge on any atom is -0.387 e. The van der Waals surface area contributed by atoms with Crippen LogP contribution in [0, 0.1) is 5.82 Å². The Labute approximate surface area is 113 Å². The molecule has 0 radical (unpaired) electrons. The number of aliphatic hydroxyl groups is 1. The molecule has 1 unspecified atom stereocenters. The van der Waals surface area contributed by atoms with Gasteiger partial charge in [0.1, 0.15) is 10.8 Å². The van der Waals surface area contributed by atoms with Gasteiger partial charge in [0.15, 0.2) is 0 Å². The number of fused-ring (bicyclic) bond motifs is 1. The molecule has 94 valence electrons. The molecule has 0 spiro atoms.